The largest absolute Gasteiger partial charge is 0.347 e. The smallest absolute Gasteiger partial charge is 0.270 e. The monoisotopic (exact) mass is 442 g/mol. The molecule has 1 N–H and O–H groups in total. The average molecular weight is 443 g/mol. The van der Waals surface area contributed by atoms with Gasteiger partial charge in [-0.2, -0.15) is 5.10 Å². The molecule has 0 saturated heterocycles. The zero-order valence-corrected chi connectivity index (χ0v) is 18.5. The third-order valence-corrected chi connectivity index (χ3v) is 5.95. The van der Waals surface area contributed by atoms with Crippen LogP contribution in [0.1, 0.15) is 28.7 Å². The van der Waals surface area contributed by atoms with E-state index in [1.807, 2.05) is 54.9 Å². The van der Waals surface area contributed by atoms with Crippen molar-refractivity contribution in [2.75, 3.05) is 24.4 Å². The number of carbonyl (C=O) groups excluding carboxylic acids is 1. The molecule has 1 aromatic carbocycles. The highest BCUT2D eigenvalue weighted by molar-refractivity contribution is 7.96. The fraction of sp³-hybridized carbons (Fsp3) is 0.286. The molecule has 3 aromatic rings. The van der Waals surface area contributed by atoms with Gasteiger partial charge < -0.3 is 9.62 Å². The van der Waals surface area contributed by atoms with Crippen molar-refractivity contribution in [2.45, 2.75) is 19.9 Å². The molecule has 156 valence electrons. The second-order valence-corrected chi connectivity index (χ2v) is 8.13. The molecule has 4 rings (SSSR count). The van der Waals surface area contributed by atoms with Crippen molar-refractivity contribution in [3.63, 3.8) is 0 Å². The summed E-state index contributed by atoms with van der Waals surface area (Å²) in [7, 11) is 0. The first kappa shape index (κ1) is 20.6. The number of halogens is 1. The topological polar surface area (TPSA) is 65.2 Å². The lowest BCUT2D eigenvalue weighted by Gasteiger charge is -2.28. The van der Waals surface area contributed by atoms with Gasteiger partial charge in [-0.25, -0.2) is 4.98 Å². The highest BCUT2D eigenvalue weighted by atomic mass is 35.5. The predicted molar refractivity (Wildman–Crippen MR) is 123 cm³/mol. The number of aryl methyl sites for hydroxylation is 1. The second-order valence-electron chi connectivity index (χ2n) is 6.86. The van der Waals surface area contributed by atoms with Crippen LogP contribution < -0.4 is 10.3 Å². The number of fused-ring (bicyclic) bond motifs is 1. The first-order chi connectivity index (χ1) is 14.6. The maximum atomic E-state index is 12.9. The maximum Gasteiger partial charge on any atom is 0.270 e. The highest BCUT2D eigenvalue weighted by Crippen LogP contribution is 2.20. The third kappa shape index (κ3) is 4.24. The first-order valence-electron chi connectivity index (χ1n) is 9.75. The Balaban J connectivity index is 1.45. The molecule has 0 radical (unpaired) electrons. The molecule has 1 aliphatic heterocycles. The molecule has 0 atom stereocenters. The number of anilines is 1. The Morgan fingerprint density at radius 1 is 1.20 bits per heavy atom. The van der Waals surface area contributed by atoms with Crippen LogP contribution in [0.25, 0.3) is 5.65 Å². The summed E-state index contributed by atoms with van der Waals surface area (Å²) in [5.41, 5.74) is 4.06. The third-order valence-electron chi connectivity index (χ3n) is 4.98. The van der Waals surface area contributed by atoms with Crippen LogP contribution in [-0.4, -0.2) is 45.3 Å². The number of imidazole rings is 1. The Morgan fingerprint density at radius 3 is 2.67 bits per heavy atom. The van der Waals surface area contributed by atoms with Crippen molar-refractivity contribution >= 4 is 47.1 Å². The molecule has 0 aliphatic carbocycles. The van der Waals surface area contributed by atoms with E-state index in [2.05, 4.69) is 19.7 Å². The molecule has 30 heavy (non-hydrogen) atoms. The van der Waals surface area contributed by atoms with E-state index in [1.165, 1.54) is 0 Å². The minimum Gasteiger partial charge on any atom is -0.347 e. The van der Waals surface area contributed by atoms with Gasteiger partial charge in [0, 0.05) is 19.0 Å². The number of carbonyl (C=O) groups is 1. The van der Waals surface area contributed by atoms with Crippen LogP contribution in [0.5, 0.6) is 0 Å². The summed E-state index contributed by atoms with van der Waals surface area (Å²) in [6, 6.07) is 11.7. The van der Waals surface area contributed by atoms with E-state index in [0.717, 1.165) is 30.0 Å². The predicted octanol–water partition coefficient (Wildman–Crippen LogP) is 3.82. The van der Waals surface area contributed by atoms with Gasteiger partial charge in [0.25, 0.3) is 5.91 Å². The van der Waals surface area contributed by atoms with Crippen molar-refractivity contribution in [1.29, 1.82) is 0 Å². The highest BCUT2D eigenvalue weighted by Gasteiger charge is 2.18. The Kier molecular flexibility index (Phi) is 6.15. The van der Waals surface area contributed by atoms with Gasteiger partial charge >= 0.3 is 0 Å². The lowest BCUT2D eigenvalue weighted by atomic mass is 10.2. The summed E-state index contributed by atoms with van der Waals surface area (Å²) in [5, 5.41) is 10.0. The molecule has 0 bridgehead atoms. The van der Waals surface area contributed by atoms with Crippen molar-refractivity contribution < 1.29 is 4.79 Å². The van der Waals surface area contributed by atoms with Crippen LogP contribution in [0.3, 0.4) is 0 Å². The van der Waals surface area contributed by atoms with Gasteiger partial charge in [0.1, 0.15) is 17.7 Å². The van der Waals surface area contributed by atoms with E-state index in [0.29, 0.717) is 29.3 Å². The Labute approximate surface area is 184 Å². The Morgan fingerprint density at radius 2 is 2.00 bits per heavy atom. The van der Waals surface area contributed by atoms with Crippen LogP contribution in [0, 0.1) is 0 Å². The summed E-state index contributed by atoms with van der Waals surface area (Å²) in [6.07, 6.45) is 6.27. The molecule has 0 spiro atoms. The minimum atomic E-state index is -0.163. The van der Waals surface area contributed by atoms with Crippen molar-refractivity contribution in [3.05, 3.63) is 64.6 Å². The van der Waals surface area contributed by atoms with Gasteiger partial charge in [-0.05, 0) is 36.2 Å². The first-order valence-corrected chi connectivity index (χ1v) is 11.3. The van der Waals surface area contributed by atoms with Gasteiger partial charge in [-0.1, -0.05) is 42.6 Å². The zero-order chi connectivity index (χ0) is 21.1. The molecular formula is C21H23ClN6OS. The number of pyridine rings is 1. The van der Waals surface area contributed by atoms with E-state index < -0.39 is 0 Å². The normalized spacial score (nSPS) is 13.8. The molecule has 0 unspecified atom stereocenters. The number of hydrazone groups is 1. The second kappa shape index (κ2) is 8.97. The number of amides is 1. The van der Waals surface area contributed by atoms with Crippen molar-refractivity contribution in [1.82, 2.24) is 19.0 Å². The molecule has 1 amide bonds. The number of nitrogens with one attached hydrogen (secondary N) is 1. The molecule has 0 fully saturated rings. The van der Waals surface area contributed by atoms with Crippen LogP contribution in [0.15, 0.2) is 47.7 Å². The van der Waals surface area contributed by atoms with Gasteiger partial charge in [0.15, 0.2) is 0 Å². The fourth-order valence-corrected chi connectivity index (χ4v) is 3.93. The standard InChI is InChI=1S/C21H23ClN6OS/c1-3-18-20(27-13-16(22)6-9-19(27)25-18)21(29)23-12-15-4-7-17(8-5-15)28-11-10-26(30-2)14-24-28/h4-9,13-14H,3,10-12H2,1-2H3,(H,23,29). The number of benzene rings is 1. The lowest BCUT2D eigenvalue weighted by Crippen LogP contribution is -2.34. The number of aromatic nitrogens is 2. The van der Waals surface area contributed by atoms with Crippen molar-refractivity contribution in [3.8, 4) is 0 Å². The Bertz CT molecular complexity index is 1080. The molecule has 2 aromatic heterocycles. The summed E-state index contributed by atoms with van der Waals surface area (Å²) in [4.78, 5) is 17.5. The number of hydrogen-bond donors (Lipinski definition) is 1. The summed E-state index contributed by atoms with van der Waals surface area (Å²) < 4.78 is 3.85. The van der Waals surface area contributed by atoms with E-state index >= 15 is 0 Å². The van der Waals surface area contributed by atoms with Gasteiger partial charge in [-0.3, -0.25) is 14.2 Å². The molecule has 9 heteroatoms. The molecule has 3 heterocycles. The maximum absolute atomic E-state index is 12.9. The van der Waals surface area contributed by atoms with Gasteiger partial charge in [0.05, 0.1) is 29.5 Å². The van der Waals surface area contributed by atoms with E-state index in [1.54, 1.807) is 28.6 Å². The average Bonchev–Trinajstić information content (AvgIpc) is 3.15. The van der Waals surface area contributed by atoms with Crippen LogP contribution in [-0.2, 0) is 13.0 Å². The molecule has 7 nitrogen and oxygen atoms in total. The number of rotatable bonds is 6. The molecule has 1 aliphatic rings. The summed E-state index contributed by atoms with van der Waals surface area (Å²) >= 11 is 7.78. The lowest BCUT2D eigenvalue weighted by molar-refractivity contribution is 0.0944. The minimum absolute atomic E-state index is 0.163. The number of nitrogens with zero attached hydrogens (tertiary/aromatic N) is 5. The summed E-state index contributed by atoms with van der Waals surface area (Å²) in [5.74, 6) is -0.163. The quantitative estimate of drug-likeness (QED) is 0.588. The Hall–Kier alpha value is -2.71. The zero-order valence-electron chi connectivity index (χ0n) is 16.9. The number of hydrogen-bond acceptors (Lipinski definition) is 6. The fourth-order valence-electron chi connectivity index (χ4n) is 3.37. The van der Waals surface area contributed by atoms with Gasteiger partial charge in [-0.15, -0.1) is 0 Å². The SMILES string of the molecule is CCc1nc2ccc(Cl)cn2c1C(=O)NCc1ccc(N2CCN(SC)C=N2)cc1. The van der Waals surface area contributed by atoms with E-state index in [9.17, 15) is 4.79 Å². The van der Waals surface area contributed by atoms with E-state index in [-0.39, 0.29) is 5.91 Å². The summed E-state index contributed by atoms with van der Waals surface area (Å²) in [6.45, 7) is 4.18. The van der Waals surface area contributed by atoms with Crippen LogP contribution in [0.4, 0.5) is 5.69 Å². The molecular weight excluding hydrogens is 420 g/mol. The van der Waals surface area contributed by atoms with E-state index in [4.69, 9.17) is 11.6 Å². The van der Waals surface area contributed by atoms with Gasteiger partial charge in [0.2, 0.25) is 0 Å². The van der Waals surface area contributed by atoms with Crippen LogP contribution >= 0.6 is 23.5 Å². The molecule has 0 saturated carbocycles. The van der Waals surface area contributed by atoms with Crippen molar-refractivity contribution in [2.24, 2.45) is 5.10 Å². The van der Waals surface area contributed by atoms with Crippen LogP contribution in [0.2, 0.25) is 5.02 Å².